The van der Waals surface area contributed by atoms with Gasteiger partial charge >= 0.3 is 6.18 Å². The number of nitrogens with zero attached hydrogens (tertiary/aromatic N) is 4. The number of ether oxygens (including phenoxy) is 1. The molecule has 3 N–H and O–H groups in total. The molecule has 1 saturated heterocycles. The highest BCUT2D eigenvalue weighted by atomic mass is 35.5. The van der Waals surface area contributed by atoms with Crippen molar-refractivity contribution in [3.63, 3.8) is 0 Å². The SMILES string of the molecule is CC[C@@H]1CC(N(Cc2cc(Cl)cc(C(F)(F)F)c2)c2ncc(N)cn2)C[C@H](CC)N1C(O)OC(C)C. The molecule has 0 saturated carbocycles. The largest absolute Gasteiger partial charge is 0.416 e. The average molecular weight is 530 g/mol. The van der Waals surface area contributed by atoms with Crippen LogP contribution in [-0.2, 0) is 17.5 Å². The topological polar surface area (TPSA) is 87.7 Å². The molecule has 11 heteroatoms. The van der Waals surface area contributed by atoms with Crippen LogP contribution in [0.2, 0.25) is 5.02 Å². The predicted octanol–water partition coefficient (Wildman–Crippen LogP) is 5.46. The molecular weight excluding hydrogens is 495 g/mol. The molecule has 1 aromatic carbocycles. The lowest BCUT2D eigenvalue weighted by molar-refractivity contribution is -0.242. The van der Waals surface area contributed by atoms with Crippen LogP contribution < -0.4 is 10.6 Å². The van der Waals surface area contributed by atoms with Crippen LogP contribution in [0, 0.1) is 0 Å². The fraction of sp³-hybridized carbons (Fsp3) is 0.600. The van der Waals surface area contributed by atoms with E-state index in [1.54, 1.807) is 0 Å². The van der Waals surface area contributed by atoms with E-state index >= 15 is 0 Å². The third-order valence-electron chi connectivity index (χ3n) is 6.52. The van der Waals surface area contributed by atoms with Crippen LogP contribution in [0.25, 0.3) is 0 Å². The van der Waals surface area contributed by atoms with Gasteiger partial charge in [-0.1, -0.05) is 25.4 Å². The first-order valence-electron chi connectivity index (χ1n) is 12.2. The Labute approximate surface area is 215 Å². The van der Waals surface area contributed by atoms with E-state index in [1.165, 1.54) is 18.5 Å². The molecule has 0 amide bonds. The average Bonchev–Trinajstić information content (AvgIpc) is 2.81. The predicted molar refractivity (Wildman–Crippen MR) is 134 cm³/mol. The summed E-state index contributed by atoms with van der Waals surface area (Å²) in [7, 11) is 0. The van der Waals surface area contributed by atoms with Crippen LogP contribution in [0.1, 0.15) is 64.5 Å². The molecule has 7 nitrogen and oxygen atoms in total. The molecule has 0 aliphatic carbocycles. The number of benzene rings is 1. The summed E-state index contributed by atoms with van der Waals surface area (Å²) in [5.74, 6) is 0.375. The summed E-state index contributed by atoms with van der Waals surface area (Å²) in [5.41, 5.74) is 5.78. The molecule has 36 heavy (non-hydrogen) atoms. The van der Waals surface area contributed by atoms with E-state index in [0.717, 1.165) is 25.0 Å². The molecule has 2 aromatic rings. The van der Waals surface area contributed by atoms with Crippen LogP contribution in [0.15, 0.2) is 30.6 Å². The molecule has 0 spiro atoms. The highest BCUT2D eigenvalue weighted by Gasteiger charge is 2.41. The number of hydrogen-bond acceptors (Lipinski definition) is 7. The van der Waals surface area contributed by atoms with E-state index in [0.29, 0.717) is 30.0 Å². The molecular formula is C25H35ClF3N5O2. The van der Waals surface area contributed by atoms with Gasteiger partial charge in [-0.05, 0) is 63.3 Å². The molecule has 0 radical (unpaired) electrons. The number of hydrogen-bond donors (Lipinski definition) is 2. The van der Waals surface area contributed by atoms with Gasteiger partial charge in [-0.3, -0.25) is 0 Å². The smallest absolute Gasteiger partial charge is 0.396 e. The molecule has 1 fully saturated rings. The lowest BCUT2D eigenvalue weighted by Crippen LogP contribution is -2.59. The number of aliphatic hydroxyl groups excluding tert-OH is 1. The normalized spacial score (nSPS) is 22.1. The number of likely N-dealkylation sites (tertiary alicyclic amines) is 1. The molecule has 200 valence electrons. The lowest BCUT2D eigenvalue weighted by Gasteiger charge is -2.49. The minimum absolute atomic E-state index is 0.0103. The summed E-state index contributed by atoms with van der Waals surface area (Å²) in [6.45, 7) is 7.98. The van der Waals surface area contributed by atoms with Gasteiger partial charge in [0.25, 0.3) is 0 Å². The van der Waals surface area contributed by atoms with E-state index in [1.807, 2.05) is 37.5 Å². The minimum Gasteiger partial charge on any atom is -0.396 e. The summed E-state index contributed by atoms with van der Waals surface area (Å²) in [6, 6.07) is 3.45. The first-order valence-corrected chi connectivity index (χ1v) is 12.6. The molecule has 1 aromatic heterocycles. The Hall–Kier alpha value is -2.14. The fourth-order valence-corrected chi connectivity index (χ4v) is 5.15. The molecule has 3 rings (SSSR count). The van der Waals surface area contributed by atoms with Crippen molar-refractivity contribution in [2.75, 3.05) is 10.6 Å². The van der Waals surface area contributed by atoms with Crippen molar-refractivity contribution in [2.24, 2.45) is 0 Å². The second-order valence-corrected chi connectivity index (χ2v) is 9.93. The number of piperidine rings is 1. The number of aromatic nitrogens is 2. The maximum atomic E-state index is 13.5. The van der Waals surface area contributed by atoms with Crippen molar-refractivity contribution in [3.05, 3.63) is 46.7 Å². The standard InChI is InChI=1S/C25H35ClF3N5O2/c1-5-20-10-22(11-21(6-2)34(20)24(35)36-15(3)4)33(23-31-12-19(30)13-32-23)14-16-7-17(25(27,28)29)9-18(26)8-16/h7-9,12-13,15,20-22,24,35H,5-6,10-11,14,30H2,1-4H3/t20-,21+,22?,24?. The van der Waals surface area contributed by atoms with Gasteiger partial charge in [0.15, 0.2) is 0 Å². The van der Waals surface area contributed by atoms with Crippen LogP contribution in [0.3, 0.4) is 0 Å². The van der Waals surface area contributed by atoms with Gasteiger partial charge in [0, 0.05) is 29.7 Å². The van der Waals surface area contributed by atoms with Gasteiger partial charge in [-0.25, -0.2) is 14.9 Å². The summed E-state index contributed by atoms with van der Waals surface area (Å²) in [4.78, 5) is 12.7. The van der Waals surface area contributed by atoms with E-state index in [-0.39, 0.29) is 35.8 Å². The summed E-state index contributed by atoms with van der Waals surface area (Å²) in [6.07, 6.45) is 0.0896. The van der Waals surface area contributed by atoms with E-state index in [2.05, 4.69) is 9.97 Å². The first-order chi connectivity index (χ1) is 16.9. The minimum atomic E-state index is -4.51. The zero-order valence-electron chi connectivity index (χ0n) is 21.0. The number of nitrogen functional groups attached to an aromatic ring is 1. The number of alkyl halides is 3. The van der Waals surface area contributed by atoms with E-state index < -0.39 is 18.2 Å². The Kier molecular flexibility index (Phi) is 9.43. The first kappa shape index (κ1) is 28.4. The Bertz CT molecular complexity index is 979. The summed E-state index contributed by atoms with van der Waals surface area (Å²) >= 11 is 6.06. The van der Waals surface area contributed by atoms with Gasteiger partial charge in [-0.2, -0.15) is 13.2 Å². The van der Waals surface area contributed by atoms with Gasteiger partial charge in [0.05, 0.1) is 29.7 Å². The monoisotopic (exact) mass is 529 g/mol. The Balaban J connectivity index is 1.97. The Morgan fingerprint density at radius 3 is 2.22 bits per heavy atom. The zero-order chi connectivity index (χ0) is 26.6. The van der Waals surface area contributed by atoms with E-state index in [4.69, 9.17) is 22.1 Å². The Morgan fingerprint density at radius 1 is 1.14 bits per heavy atom. The van der Waals surface area contributed by atoms with Gasteiger partial charge in [-0.15, -0.1) is 0 Å². The second-order valence-electron chi connectivity index (χ2n) is 9.50. The van der Waals surface area contributed by atoms with Crippen LogP contribution in [0.5, 0.6) is 0 Å². The zero-order valence-corrected chi connectivity index (χ0v) is 21.8. The highest BCUT2D eigenvalue weighted by molar-refractivity contribution is 6.30. The molecule has 4 atom stereocenters. The number of rotatable bonds is 9. The molecule has 1 aliphatic heterocycles. The molecule has 2 heterocycles. The maximum Gasteiger partial charge on any atom is 0.416 e. The molecule has 2 unspecified atom stereocenters. The maximum absolute atomic E-state index is 13.5. The van der Waals surface area contributed by atoms with Crippen molar-refractivity contribution >= 4 is 23.2 Å². The van der Waals surface area contributed by atoms with E-state index in [9.17, 15) is 18.3 Å². The number of anilines is 2. The lowest BCUT2D eigenvalue weighted by atomic mass is 9.87. The third-order valence-corrected chi connectivity index (χ3v) is 6.73. The number of nitrogens with two attached hydrogens (primary N) is 1. The van der Waals surface area contributed by atoms with Gasteiger partial charge in [0.2, 0.25) is 12.4 Å². The molecule has 0 bridgehead atoms. The molecule has 1 aliphatic rings. The van der Waals surface area contributed by atoms with Crippen molar-refractivity contribution in [1.29, 1.82) is 0 Å². The number of halogens is 4. The van der Waals surface area contributed by atoms with Gasteiger partial charge in [0.1, 0.15) is 0 Å². The van der Waals surface area contributed by atoms with Crippen molar-refractivity contribution in [1.82, 2.24) is 14.9 Å². The summed E-state index contributed by atoms with van der Waals surface area (Å²) in [5, 5.41) is 10.8. The van der Waals surface area contributed by atoms with Crippen molar-refractivity contribution in [2.45, 2.75) is 96.7 Å². The van der Waals surface area contributed by atoms with Crippen molar-refractivity contribution < 1.29 is 23.0 Å². The van der Waals surface area contributed by atoms with Gasteiger partial charge < -0.3 is 20.5 Å². The fourth-order valence-electron chi connectivity index (χ4n) is 4.89. The van der Waals surface area contributed by atoms with Crippen LogP contribution in [0.4, 0.5) is 24.8 Å². The van der Waals surface area contributed by atoms with Crippen LogP contribution >= 0.6 is 11.6 Å². The van der Waals surface area contributed by atoms with Crippen molar-refractivity contribution in [3.8, 4) is 0 Å². The van der Waals surface area contributed by atoms with Crippen LogP contribution in [-0.4, -0.2) is 50.6 Å². The quantitative estimate of drug-likeness (QED) is 0.417. The number of aliphatic hydroxyl groups is 1. The summed E-state index contributed by atoms with van der Waals surface area (Å²) < 4.78 is 46.1. The Morgan fingerprint density at radius 2 is 1.72 bits per heavy atom. The third kappa shape index (κ3) is 7.00. The second kappa shape index (κ2) is 11.9. The highest BCUT2D eigenvalue weighted by Crippen LogP contribution is 2.36.